The van der Waals surface area contributed by atoms with Gasteiger partial charge in [0.1, 0.15) is 0 Å². The van der Waals surface area contributed by atoms with Gasteiger partial charge in [0, 0.05) is 12.1 Å². The Morgan fingerprint density at radius 3 is 2.73 bits per heavy atom. The van der Waals surface area contributed by atoms with Crippen LogP contribution in [-0.2, 0) is 13.0 Å². The molecule has 0 bridgehead atoms. The number of fused-ring (bicyclic) bond motifs is 1. The molecule has 4 heteroatoms. The van der Waals surface area contributed by atoms with Gasteiger partial charge in [-0.05, 0) is 30.5 Å². The third kappa shape index (κ3) is 2.86. The largest absolute Gasteiger partial charge is 0.337 e. The molecule has 2 aromatic carbocycles. The fourth-order valence-corrected chi connectivity index (χ4v) is 2.67. The van der Waals surface area contributed by atoms with Crippen LogP contribution in [0.25, 0.3) is 0 Å². The number of nitrogens with zero attached hydrogens (tertiary/aromatic N) is 1. The maximum absolute atomic E-state index is 12.2. The van der Waals surface area contributed by atoms with E-state index in [9.17, 15) is 9.59 Å². The molecular weight excluding hydrogens is 276 g/mol. The second-order valence-corrected chi connectivity index (χ2v) is 5.52. The van der Waals surface area contributed by atoms with E-state index in [1.165, 1.54) is 4.90 Å². The van der Waals surface area contributed by atoms with Crippen molar-refractivity contribution < 1.29 is 9.59 Å². The molecule has 22 heavy (non-hydrogen) atoms. The third-order valence-corrected chi connectivity index (χ3v) is 3.84. The van der Waals surface area contributed by atoms with Crippen molar-refractivity contribution in [2.75, 3.05) is 6.54 Å². The maximum Gasteiger partial charge on any atom is 0.324 e. The lowest BCUT2D eigenvalue weighted by Crippen LogP contribution is -2.40. The van der Waals surface area contributed by atoms with Gasteiger partial charge in [-0.15, -0.1) is 0 Å². The quantitative estimate of drug-likeness (QED) is 0.946. The molecule has 2 aromatic rings. The van der Waals surface area contributed by atoms with Crippen LogP contribution < -0.4 is 5.32 Å². The molecule has 112 valence electrons. The van der Waals surface area contributed by atoms with Gasteiger partial charge in [0.15, 0.2) is 0 Å². The van der Waals surface area contributed by atoms with Crippen molar-refractivity contribution >= 4 is 11.9 Å². The summed E-state index contributed by atoms with van der Waals surface area (Å²) in [6.07, 6.45) is 0.751. The van der Waals surface area contributed by atoms with Gasteiger partial charge in [-0.2, -0.15) is 0 Å². The molecule has 0 aromatic heterocycles. The zero-order valence-corrected chi connectivity index (χ0v) is 12.5. The first-order chi connectivity index (χ1) is 10.6. The standard InChI is InChI=1S/C18H18N2O2/c1-13-7-8-16-15(11-13)12-20(17(16)21)18(22)19-10-9-14-5-3-2-4-6-14/h2-8,11H,9-10,12H2,1H3,(H,19,22). The van der Waals surface area contributed by atoms with E-state index in [1.807, 2.05) is 49.4 Å². The number of hydrogen-bond donors (Lipinski definition) is 1. The lowest BCUT2D eigenvalue weighted by Gasteiger charge is -2.14. The normalized spacial score (nSPS) is 13.1. The van der Waals surface area contributed by atoms with E-state index in [2.05, 4.69) is 5.32 Å². The van der Waals surface area contributed by atoms with Crippen molar-refractivity contribution in [2.45, 2.75) is 19.9 Å². The van der Waals surface area contributed by atoms with Crippen molar-refractivity contribution in [1.29, 1.82) is 0 Å². The molecule has 1 N–H and O–H groups in total. The molecule has 0 atom stereocenters. The zero-order chi connectivity index (χ0) is 15.5. The highest BCUT2D eigenvalue weighted by Gasteiger charge is 2.31. The van der Waals surface area contributed by atoms with Crippen molar-refractivity contribution in [1.82, 2.24) is 10.2 Å². The van der Waals surface area contributed by atoms with Crippen molar-refractivity contribution in [3.63, 3.8) is 0 Å². The average molecular weight is 294 g/mol. The average Bonchev–Trinajstić information content (AvgIpc) is 2.84. The summed E-state index contributed by atoms with van der Waals surface area (Å²) < 4.78 is 0. The number of nitrogens with one attached hydrogen (secondary N) is 1. The smallest absolute Gasteiger partial charge is 0.324 e. The van der Waals surface area contributed by atoms with Gasteiger partial charge in [0.25, 0.3) is 5.91 Å². The number of aryl methyl sites for hydroxylation is 1. The summed E-state index contributed by atoms with van der Waals surface area (Å²) in [5, 5.41) is 2.82. The monoisotopic (exact) mass is 294 g/mol. The summed E-state index contributed by atoms with van der Waals surface area (Å²) in [5.74, 6) is -0.216. The summed E-state index contributed by atoms with van der Waals surface area (Å²) in [4.78, 5) is 25.7. The lowest BCUT2D eigenvalue weighted by molar-refractivity contribution is 0.0821. The van der Waals surface area contributed by atoms with Gasteiger partial charge < -0.3 is 5.32 Å². The molecule has 0 radical (unpaired) electrons. The van der Waals surface area contributed by atoms with Crippen LogP contribution in [0.1, 0.15) is 27.0 Å². The number of urea groups is 1. The second kappa shape index (κ2) is 6.02. The highest BCUT2D eigenvalue weighted by molar-refractivity contribution is 6.07. The summed E-state index contributed by atoms with van der Waals surface area (Å²) in [7, 11) is 0. The second-order valence-electron chi connectivity index (χ2n) is 5.52. The third-order valence-electron chi connectivity index (χ3n) is 3.84. The molecule has 0 fully saturated rings. The number of imide groups is 1. The van der Waals surface area contributed by atoms with Gasteiger partial charge in [0.05, 0.1) is 6.54 Å². The minimum Gasteiger partial charge on any atom is -0.337 e. The molecule has 0 spiro atoms. The van der Waals surface area contributed by atoms with Crippen LogP contribution in [-0.4, -0.2) is 23.4 Å². The Hall–Kier alpha value is -2.62. The number of benzene rings is 2. The zero-order valence-electron chi connectivity index (χ0n) is 12.5. The Labute approximate surface area is 129 Å². The molecule has 1 aliphatic rings. The molecule has 0 unspecified atom stereocenters. The molecule has 1 heterocycles. The Kier molecular flexibility index (Phi) is 3.92. The van der Waals surface area contributed by atoms with E-state index in [4.69, 9.17) is 0 Å². The molecule has 4 nitrogen and oxygen atoms in total. The van der Waals surface area contributed by atoms with Crippen LogP contribution in [0, 0.1) is 6.92 Å². The number of rotatable bonds is 3. The predicted molar refractivity (Wildman–Crippen MR) is 84.6 cm³/mol. The summed E-state index contributed by atoms with van der Waals surface area (Å²) in [6.45, 7) is 2.85. The minimum absolute atomic E-state index is 0.216. The molecular formula is C18H18N2O2. The van der Waals surface area contributed by atoms with E-state index in [0.717, 1.165) is 23.1 Å². The highest BCUT2D eigenvalue weighted by Crippen LogP contribution is 2.23. The lowest BCUT2D eigenvalue weighted by atomic mass is 10.1. The van der Waals surface area contributed by atoms with Gasteiger partial charge in [-0.3, -0.25) is 9.69 Å². The van der Waals surface area contributed by atoms with Crippen molar-refractivity contribution in [3.8, 4) is 0 Å². The van der Waals surface area contributed by atoms with Gasteiger partial charge >= 0.3 is 6.03 Å². The van der Waals surface area contributed by atoms with E-state index in [0.29, 0.717) is 18.7 Å². The van der Waals surface area contributed by atoms with E-state index in [-0.39, 0.29) is 11.9 Å². The van der Waals surface area contributed by atoms with Crippen LogP contribution in [0.4, 0.5) is 4.79 Å². The summed E-state index contributed by atoms with van der Waals surface area (Å²) in [6, 6.07) is 15.3. The summed E-state index contributed by atoms with van der Waals surface area (Å²) in [5.41, 5.74) is 3.80. The molecule has 0 saturated carbocycles. The van der Waals surface area contributed by atoms with E-state index >= 15 is 0 Å². The molecule has 3 amide bonds. The molecule has 1 aliphatic heterocycles. The van der Waals surface area contributed by atoms with E-state index in [1.54, 1.807) is 6.07 Å². The first-order valence-corrected chi connectivity index (χ1v) is 7.38. The first-order valence-electron chi connectivity index (χ1n) is 7.38. The van der Waals surface area contributed by atoms with Gasteiger partial charge in [0.2, 0.25) is 0 Å². The van der Waals surface area contributed by atoms with Crippen LogP contribution in [0.5, 0.6) is 0 Å². The number of amides is 3. The van der Waals surface area contributed by atoms with Gasteiger partial charge in [-0.25, -0.2) is 4.79 Å². The van der Waals surface area contributed by atoms with Crippen molar-refractivity contribution in [3.05, 3.63) is 70.8 Å². The highest BCUT2D eigenvalue weighted by atomic mass is 16.2. The molecule has 3 rings (SSSR count). The summed E-state index contributed by atoms with van der Waals surface area (Å²) >= 11 is 0. The first kappa shape index (κ1) is 14.3. The van der Waals surface area contributed by atoms with Gasteiger partial charge in [-0.1, -0.05) is 48.0 Å². The van der Waals surface area contributed by atoms with Crippen LogP contribution in [0.2, 0.25) is 0 Å². The van der Waals surface area contributed by atoms with E-state index < -0.39 is 0 Å². The predicted octanol–water partition coefficient (Wildman–Crippen LogP) is 2.90. The SMILES string of the molecule is Cc1ccc2c(c1)CN(C(=O)NCCc1ccccc1)C2=O. The van der Waals surface area contributed by atoms with Crippen molar-refractivity contribution in [2.24, 2.45) is 0 Å². The van der Waals surface area contributed by atoms with Crippen LogP contribution in [0.3, 0.4) is 0 Å². The Morgan fingerprint density at radius 2 is 1.95 bits per heavy atom. The molecule has 0 saturated heterocycles. The fourth-order valence-electron chi connectivity index (χ4n) is 2.67. The van der Waals surface area contributed by atoms with Crippen LogP contribution >= 0.6 is 0 Å². The Balaban J connectivity index is 1.59. The fraction of sp³-hybridized carbons (Fsp3) is 0.222. The number of carbonyl (C=O) groups excluding carboxylic acids is 2. The maximum atomic E-state index is 12.2. The molecule has 0 aliphatic carbocycles. The minimum atomic E-state index is -0.324. The topological polar surface area (TPSA) is 49.4 Å². The Morgan fingerprint density at radius 1 is 1.18 bits per heavy atom. The number of carbonyl (C=O) groups is 2. The van der Waals surface area contributed by atoms with Crippen LogP contribution in [0.15, 0.2) is 48.5 Å². The number of hydrogen-bond acceptors (Lipinski definition) is 2. The Bertz CT molecular complexity index is 710.